The summed E-state index contributed by atoms with van der Waals surface area (Å²) in [6.07, 6.45) is 1.63. The second kappa shape index (κ2) is 7.37. The first-order valence-corrected chi connectivity index (χ1v) is 11.0. The van der Waals surface area contributed by atoms with Gasteiger partial charge in [0.25, 0.3) is 5.91 Å². The second-order valence-corrected chi connectivity index (χ2v) is 8.50. The Hall–Kier alpha value is -2.97. The summed E-state index contributed by atoms with van der Waals surface area (Å²) in [6, 6.07) is 11.9. The van der Waals surface area contributed by atoms with Crippen LogP contribution < -0.4 is 15.1 Å². The molecule has 8 heteroatoms. The summed E-state index contributed by atoms with van der Waals surface area (Å²) >= 11 is 4.74. The van der Waals surface area contributed by atoms with Crippen molar-refractivity contribution >= 4 is 49.3 Å². The number of amides is 1. The summed E-state index contributed by atoms with van der Waals surface area (Å²) in [5.41, 5.74) is 1.21. The fourth-order valence-corrected chi connectivity index (χ4v) is 4.76. The Labute approximate surface area is 183 Å². The highest BCUT2D eigenvalue weighted by molar-refractivity contribution is 9.10. The van der Waals surface area contributed by atoms with E-state index in [1.165, 1.54) is 16.2 Å². The molecule has 1 atom stereocenters. The maximum Gasteiger partial charge on any atom is 0.297 e. The number of aromatic nitrogens is 1. The van der Waals surface area contributed by atoms with Crippen LogP contribution in [0.15, 0.2) is 67.7 Å². The molecular weight excluding hydrogens is 468 g/mol. The van der Waals surface area contributed by atoms with Crippen molar-refractivity contribution in [2.75, 3.05) is 11.5 Å². The van der Waals surface area contributed by atoms with E-state index in [2.05, 4.69) is 20.9 Å². The Balaban J connectivity index is 1.80. The monoisotopic (exact) mass is 482 g/mol. The molecule has 6 nitrogen and oxygen atoms in total. The van der Waals surface area contributed by atoms with Gasteiger partial charge in [-0.2, -0.15) is 0 Å². The number of ether oxygens (including phenoxy) is 1. The van der Waals surface area contributed by atoms with Crippen LogP contribution in [0.4, 0.5) is 5.13 Å². The number of carbonyl (C=O) groups is 1. The summed E-state index contributed by atoms with van der Waals surface area (Å²) < 4.78 is 12.3. The Bertz CT molecular complexity index is 1330. The Morgan fingerprint density at radius 2 is 2.10 bits per heavy atom. The number of fused-ring (bicyclic) bond motifs is 2. The van der Waals surface area contributed by atoms with E-state index in [1.54, 1.807) is 29.8 Å². The second-order valence-electron chi connectivity index (χ2n) is 6.71. The SMILES string of the molecule is CCOc1cccc(C2c3c(oc4ccc(Br)cc4c3=O)C(=O)N2c2nccs2)c1. The summed E-state index contributed by atoms with van der Waals surface area (Å²) in [4.78, 5) is 32.7. The van der Waals surface area contributed by atoms with Crippen LogP contribution in [0.2, 0.25) is 0 Å². The number of halogens is 1. The van der Waals surface area contributed by atoms with Crippen LogP contribution in [0.5, 0.6) is 5.75 Å². The van der Waals surface area contributed by atoms with Gasteiger partial charge in [0.15, 0.2) is 10.6 Å². The molecule has 4 aromatic rings. The maximum absolute atomic E-state index is 13.5. The molecule has 0 spiro atoms. The van der Waals surface area contributed by atoms with Crippen molar-refractivity contribution in [2.45, 2.75) is 13.0 Å². The Kier molecular flexibility index (Phi) is 4.67. The van der Waals surface area contributed by atoms with Gasteiger partial charge in [-0.25, -0.2) is 4.98 Å². The number of hydrogen-bond acceptors (Lipinski definition) is 6. The molecule has 2 aromatic carbocycles. The largest absolute Gasteiger partial charge is 0.494 e. The van der Waals surface area contributed by atoms with Gasteiger partial charge in [-0.3, -0.25) is 14.5 Å². The third-order valence-corrected chi connectivity index (χ3v) is 6.21. The summed E-state index contributed by atoms with van der Waals surface area (Å²) in [7, 11) is 0. The van der Waals surface area contributed by atoms with E-state index in [4.69, 9.17) is 9.15 Å². The van der Waals surface area contributed by atoms with Gasteiger partial charge < -0.3 is 9.15 Å². The zero-order valence-electron chi connectivity index (χ0n) is 15.8. The standard InChI is InChI=1S/C22H15BrN2O4S/c1-2-28-14-5-3-4-12(10-14)18-17-19(26)15-11-13(23)6-7-16(15)29-20(17)21(27)25(18)22-24-8-9-30-22/h3-11,18H,2H2,1H3. The average Bonchev–Trinajstić information content (AvgIpc) is 3.36. The van der Waals surface area contributed by atoms with Crippen LogP contribution in [-0.2, 0) is 0 Å². The van der Waals surface area contributed by atoms with Gasteiger partial charge in [0, 0.05) is 16.0 Å². The first-order chi connectivity index (χ1) is 14.6. The molecule has 0 bridgehead atoms. The molecule has 5 rings (SSSR count). The number of carbonyl (C=O) groups excluding carboxylic acids is 1. The molecule has 1 amide bonds. The predicted octanol–water partition coefficient (Wildman–Crippen LogP) is 5.16. The first kappa shape index (κ1) is 19.0. The van der Waals surface area contributed by atoms with Crippen molar-refractivity contribution in [3.8, 4) is 5.75 Å². The highest BCUT2D eigenvalue weighted by Crippen LogP contribution is 2.42. The van der Waals surface area contributed by atoms with Crippen molar-refractivity contribution in [2.24, 2.45) is 0 Å². The lowest BCUT2D eigenvalue weighted by Crippen LogP contribution is -2.29. The lowest BCUT2D eigenvalue weighted by Gasteiger charge is -2.23. The lowest BCUT2D eigenvalue weighted by atomic mass is 9.98. The normalized spacial score (nSPS) is 15.6. The van der Waals surface area contributed by atoms with Crippen molar-refractivity contribution in [3.63, 3.8) is 0 Å². The fraction of sp³-hybridized carbons (Fsp3) is 0.136. The molecule has 1 aliphatic rings. The van der Waals surface area contributed by atoms with Crippen LogP contribution in [-0.4, -0.2) is 17.5 Å². The third-order valence-electron chi connectivity index (χ3n) is 4.94. The molecule has 0 saturated heterocycles. The molecular formula is C22H15BrN2O4S. The van der Waals surface area contributed by atoms with Crippen LogP contribution in [0.1, 0.15) is 34.6 Å². The summed E-state index contributed by atoms with van der Waals surface area (Å²) in [5, 5.41) is 2.72. The predicted molar refractivity (Wildman–Crippen MR) is 119 cm³/mol. The summed E-state index contributed by atoms with van der Waals surface area (Å²) in [6.45, 7) is 2.42. The number of thiazole rings is 1. The molecule has 0 aliphatic carbocycles. The molecule has 0 saturated carbocycles. The van der Waals surface area contributed by atoms with Gasteiger partial charge >= 0.3 is 0 Å². The number of anilines is 1. The first-order valence-electron chi connectivity index (χ1n) is 9.30. The highest BCUT2D eigenvalue weighted by Gasteiger charge is 2.44. The van der Waals surface area contributed by atoms with Gasteiger partial charge in [0.05, 0.1) is 23.6 Å². The van der Waals surface area contributed by atoms with Gasteiger partial charge in [-0.15, -0.1) is 11.3 Å². The van der Waals surface area contributed by atoms with E-state index < -0.39 is 6.04 Å². The minimum atomic E-state index is -0.654. The van der Waals surface area contributed by atoms with E-state index in [9.17, 15) is 9.59 Å². The third kappa shape index (κ3) is 2.95. The van der Waals surface area contributed by atoms with Crippen LogP contribution in [0, 0.1) is 0 Å². The van der Waals surface area contributed by atoms with Crippen molar-refractivity contribution < 1.29 is 13.9 Å². The zero-order valence-corrected chi connectivity index (χ0v) is 18.2. The highest BCUT2D eigenvalue weighted by atomic mass is 79.9. The quantitative estimate of drug-likeness (QED) is 0.401. The lowest BCUT2D eigenvalue weighted by molar-refractivity contribution is 0.0971. The number of rotatable bonds is 4. The van der Waals surface area contributed by atoms with Gasteiger partial charge in [-0.05, 0) is 42.8 Å². The number of hydrogen-bond donors (Lipinski definition) is 0. The minimum Gasteiger partial charge on any atom is -0.494 e. The van der Waals surface area contributed by atoms with E-state index in [1.807, 2.05) is 31.2 Å². The molecule has 3 heterocycles. The molecule has 0 fully saturated rings. The number of benzene rings is 2. The molecule has 2 aromatic heterocycles. The molecule has 1 unspecified atom stereocenters. The van der Waals surface area contributed by atoms with E-state index >= 15 is 0 Å². The van der Waals surface area contributed by atoms with Crippen LogP contribution >= 0.6 is 27.3 Å². The molecule has 150 valence electrons. The van der Waals surface area contributed by atoms with Crippen LogP contribution in [0.3, 0.4) is 0 Å². The Morgan fingerprint density at radius 3 is 2.87 bits per heavy atom. The Morgan fingerprint density at radius 1 is 1.23 bits per heavy atom. The van der Waals surface area contributed by atoms with Gasteiger partial charge in [-0.1, -0.05) is 28.1 Å². The average molecular weight is 483 g/mol. The molecule has 0 radical (unpaired) electrons. The van der Waals surface area contributed by atoms with E-state index in [-0.39, 0.29) is 17.1 Å². The number of nitrogens with zero attached hydrogens (tertiary/aromatic N) is 2. The molecule has 30 heavy (non-hydrogen) atoms. The van der Waals surface area contributed by atoms with Gasteiger partial charge in [0.2, 0.25) is 5.76 Å². The smallest absolute Gasteiger partial charge is 0.297 e. The van der Waals surface area contributed by atoms with E-state index in [0.717, 1.165) is 10.0 Å². The van der Waals surface area contributed by atoms with Crippen molar-refractivity contribution in [1.82, 2.24) is 4.98 Å². The minimum absolute atomic E-state index is 0.0526. The fourth-order valence-electron chi connectivity index (χ4n) is 3.73. The van der Waals surface area contributed by atoms with Crippen molar-refractivity contribution in [1.29, 1.82) is 0 Å². The topological polar surface area (TPSA) is 72.6 Å². The van der Waals surface area contributed by atoms with Crippen LogP contribution in [0.25, 0.3) is 11.0 Å². The van der Waals surface area contributed by atoms with Crippen molar-refractivity contribution in [3.05, 3.63) is 85.6 Å². The zero-order chi connectivity index (χ0) is 20.8. The summed E-state index contributed by atoms with van der Waals surface area (Å²) in [5.74, 6) is 0.341. The molecule has 0 N–H and O–H groups in total. The molecule has 1 aliphatic heterocycles. The van der Waals surface area contributed by atoms with E-state index in [0.29, 0.717) is 34.0 Å². The maximum atomic E-state index is 13.5. The van der Waals surface area contributed by atoms with Gasteiger partial charge in [0.1, 0.15) is 11.3 Å².